The van der Waals surface area contributed by atoms with Gasteiger partial charge < -0.3 is 18.7 Å². The van der Waals surface area contributed by atoms with Crippen LogP contribution in [0, 0.1) is 0 Å². The van der Waals surface area contributed by atoms with Gasteiger partial charge in [-0.25, -0.2) is 31.4 Å². The fourth-order valence-electron chi connectivity index (χ4n) is 2.85. The van der Waals surface area contributed by atoms with E-state index in [0.29, 0.717) is 19.7 Å². The average molecular weight is 579 g/mol. The van der Waals surface area contributed by atoms with E-state index in [-0.39, 0.29) is 6.09 Å². The van der Waals surface area contributed by atoms with Gasteiger partial charge in [0.1, 0.15) is 13.2 Å². The van der Waals surface area contributed by atoms with Crippen LogP contribution in [0.4, 0.5) is 31.1 Å². The van der Waals surface area contributed by atoms with Crippen LogP contribution in [0.15, 0.2) is 4.99 Å². The van der Waals surface area contributed by atoms with Crippen molar-refractivity contribution in [3.8, 4) is 0 Å². The van der Waals surface area contributed by atoms with Crippen molar-refractivity contribution in [3.05, 3.63) is 4.13 Å². The molecule has 0 atom stereocenters. The highest BCUT2D eigenvalue weighted by Gasteiger charge is 2.46. The second-order valence-corrected chi connectivity index (χ2v) is 11.3. The van der Waals surface area contributed by atoms with E-state index < -0.39 is 31.1 Å². The highest BCUT2D eigenvalue weighted by molar-refractivity contribution is 8.13. The predicted octanol–water partition coefficient (Wildman–Crippen LogP) is 2.91. The van der Waals surface area contributed by atoms with E-state index >= 15 is 0 Å². The summed E-state index contributed by atoms with van der Waals surface area (Å²) in [7, 11) is -11.2. The molecule has 0 spiro atoms. The van der Waals surface area contributed by atoms with Gasteiger partial charge in [0, 0.05) is 19.4 Å². The summed E-state index contributed by atoms with van der Waals surface area (Å²) in [6.45, 7) is 4.98. The zero-order chi connectivity index (χ0) is 28.1. The first-order valence-electron chi connectivity index (χ1n) is 10.5. The van der Waals surface area contributed by atoms with E-state index in [2.05, 4.69) is 17.4 Å². The lowest BCUT2D eigenvalue weighted by Crippen LogP contribution is -2.44. The van der Waals surface area contributed by atoms with Crippen LogP contribution in [0.3, 0.4) is 0 Å². The number of aliphatic imine (C=N–C) groups is 1. The lowest BCUT2D eigenvalue weighted by molar-refractivity contribution is -0.897. The molecule has 1 saturated heterocycles. The van der Waals surface area contributed by atoms with Gasteiger partial charge in [0.2, 0.25) is 6.08 Å². The average Bonchev–Trinajstić information content (AvgIpc) is 3.14. The number of carbonyl (C=O) groups is 1. The molecule has 0 aromatic heterocycles. The van der Waals surface area contributed by atoms with Gasteiger partial charge in [-0.15, -0.1) is 0 Å². The second kappa shape index (κ2) is 14.7. The molecule has 0 aromatic carbocycles. The van der Waals surface area contributed by atoms with Gasteiger partial charge in [0.15, 0.2) is 20.0 Å². The number of carbonyl (C=O) groups excluding carboxylic acids is 2. The SMILES string of the molecule is C[N+]1(CCOC(=O)NCCCCCCN=C=O)CCCC1.O=S(=O)([N-]S(=O)(=O)C(F)(F)F)C(F)(F)F. The number of alkyl halides is 6. The summed E-state index contributed by atoms with van der Waals surface area (Å²) in [5.74, 6) is 0. The normalized spacial score (nSPS) is 15.9. The minimum atomic E-state index is -6.72. The van der Waals surface area contributed by atoms with Crippen molar-refractivity contribution >= 4 is 32.2 Å². The Morgan fingerprint density at radius 1 is 0.972 bits per heavy atom. The first-order valence-corrected chi connectivity index (χ1v) is 13.4. The van der Waals surface area contributed by atoms with E-state index in [1.165, 1.54) is 32.0 Å². The molecule has 1 aliphatic rings. The van der Waals surface area contributed by atoms with Gasteiger partial charge in [0.05, 0.1) is 26.7 Å². The van der Waals surface area contributed by atoms with Crippen LogP contribution in [0.2, 0.25) is 0 Å². The van der Waals surface area contributed by atoms with Crippen molar-refractivity contribution in [2.75, 3.05) is 46.4 Å². The van der Waals surface area contributed by atoms with Crippen LogP contribution in [0.25, 0.3) is 4.13 Å². The zero-order valence-electron chi connectivity index (χ0n) is 19.3. The number of ether oxygens (including phenoxy) is 1. The lowest BCUT2D eigenvalue weighted by atomic mass is 10.2. The summed E-state index contributed by atoms with van der Waals surface area (Å²) >= 11 is 0. The third kappa shape index (κ3) is 13.4. The quantitative estimate of drug-likeness (QED) is 0.123. The molecule has 0 saturated carbocycles. The number of nitrogens with zero attached hydrogens (tertiary/aromatic N) is 3. The minimum Gasteiger partial charge on any atom is -0.444 e. The molecule has 1 fully saturated rings. The number of alkyl carbamates (subject to hydrolysis) is 1. The van der Waals surface area contributed by atoms with Crippen LogP contribution < -0.4 is 5.32 Å². The number of hydrogen-bond donors (Lipinski definition) is 1. The molecule has 1 N–H and O–H groups in total. The molecule has 1 heterocycles. The first-order chi connectivity index (χ1) is 16.4. The Hall–Kier alpha value is -1.95. The highest BCUT2D eigenvalue weighted by Crippen LogP contribution is 2.36. The number of likely N-dealkylation sites (tertiary alicyclic amines) is 1. The number of likely N-dealkylation sites (N-methyl/N-ethyl adjacent to an activating group) is 1. The van der Waals surface area contributed by atoms with Crippen molar-refractivity contribution in [1.29, 1.82) is 0 Å². The molecule has 0 bridgehead atoms. The van der Waals surface area contributed by atoms with Crippen LogP contribution in [0.1, 0.15) is 38.5 Å². The molecule has 1 rings (SSSR count). The van der Waals surface area contributed by atoms with Crippen LogP contribution >= 0.6 is 0 Å². The molecule has 1 amide bonds. The maximum Gasteiger partial charge on any atom is 0.480 e. The van der Waals surface area contributed by atoms with Crippen LogP contribution in [0.5, 0.6) is 0 Å². The molecule has 0 aromatic rings. The smallest absolute Gasteiger partial charge is 0.444 e. The maximum absolute atomic E-state index is 11.5. The second-order valence-electron chi connectivity index (χ2n) is 7.86. The highest BCUT2D eigenvalue weighted by atomic mass is 32.3. The number of sulfonamides is 2. The fourth-order valence-corrected chi connectivity index (χ4v) is 4.56. The summed E-state index contributed by atoms with van der Waals surface area (Å²) in [6, 6.07) is 0. The standard InChI is InChI=1S/C15H27N3O3.C2F6NO4S2/c1-18(10-6-7-11-18)12-13-21-15(20)17-9-5-3-2-4-8-16-14-19;3-1(4,5)14(10,11)9-15(12,13)2(6,7)8/h2-13H2,1H3;/q;-1/p+1. The van der Waals surface area contributed by atoms with E-state index in [0.717, 1.165) is 40.8 Å². The van der Waals surface area contributed by atoms with E-state index in [1.54, 1.807) is 0 Å². The number of amides is 1. The molecule has 11 nitrogen and oxygen atoms in total. The molecule has 212 valence electrons. The van der Waals surface area contributed by atoms with Gasteiger partial charge in [-0.2, -0.15) is 26.3 Å². The molecule has 1 aliphatic heterocycles. The number of halogens is 6. The van der Waals surface area contributed by atoms with E-state index in [9.17, 15) is 52.8 Å². The number of isocyanates is 1. The summed E-state index contributed by atoms with van der Waals surface area (Å²) in [5, 5.41) is 2.77. The molecular weight excluding hydrogens is 550 g/mol. The molecular formula is C17H28F6N4O7S2. The van der Waals surface area contributed by atoms with Gasteiger partial charge in [-0.1, -0.05) is 12.8 Å². The third-order valence-electron chi connectivity index (χ3n) is 4.82. The number of rotatable bonds is 12. The van der Waals surface area contributed by atoms with E-state index in [1.807, 2.05) is 0 Å². The fraction of sp³-hybridized carbons (Fsp3) is 0.882. The van der Waals surface area contributed by atoms with Crippen LogP contribution in [-0.4, -0.2) is 90.9 Å². The van der Waals surface area contributed by atoms with E-state index in [4.69, 9.17) is 4.74 Å². The van der Waals surface area contributed by atoms with Gasteiger partial charge in [-0.3, -0.25) is 0 Å². The minimum absolute atomic E-state index is 0.314. The van der Waals surface area contributed by atoms with Crippen molar-refractivity contribution < 1.29 is 62.0 Å². The topological polar surface area (TPSA) is 150 Å². The Morgan fingerprint density at radius 2 is 1.47 bits per heavy atom. The molecule has 0 radical (unpaired) electrons. The largest absolute Gasteiger partial charge is 0.480 e. The molecule has 0 aliphatic carbocycles. The Labute approximate surface area is 204 Å². The van der Waals surface area contributed by atoms with Crippen molar-refractivity contribution in [2.24, 2.45) is 4.99 Å². The number of nitrogens with one attached hydrogen (secondary N) is 1. The number of hydrogen-bond acceptors (Lipinski definition) is 8. The Bertz CT molecular complexity index is 902. The van der Waals surface area contributed by atoms with Gasteiger partial charge in [0.25, 0.3) is 0 Å². The summed E-state index contributed by atoms with van der Waals surface area (Å²) in [6.07, 6.45) is 7.62. The maximum atomic E-state index is 11.5. The van der Waals surface area contributed by atoms with Crippen LogP contribution in [-0.2, 0) is 29.6 Å². The Kier molecular flexibility index (Phi) is 13.9. The third-order valence-corrected chi connectivity index (χ3v) is 7.56. The Balaban J connectivity index is 0.000000723. The summed E-state index contributed by atoms with van der Waals surface area (Å²) < 4.78 is 115. The van der Waals surface area contributed by atoms with Gasteiger partial charge >= 0.3 is 17.1 Å². The van der Waals surface area contributed by atoms with Crippen molar-refractivity contribution in [2.45, 2.75) is 49.5 Å². The number of unbranched alkanes of at least 4 members (excludes halogenated alkanes) is 3. The molecule has 0 unspecified atom stereocenters. The number of quaternary nitrogens is 1. The van der Waals surface area contributed by atoms with Crippen molar-refractivity contribution in [1.82, 2.24) is 5.32 Å². The lowest BCUT2D eigenvalue weighted by Gasteiger charge is -2.28. The monoisotopic (exact) mass is 578 g/mol. The van der Waals surface area contributed by atoms with Crippen molar-refractivity contribution in [3.63, 3.8) is 0 Å². The van der Waals surface area contributed by atoms with Gasteiger partial charge in [-0.05, 0) is 12.8 Å². The Morgan fingerprint density at radius 3 is 1.94 bits per heavy atom. The summed E-state index contributed by atoms with van der Waals surface area (Å²) in [5.41, 5.74) is -12.4. The summed E-state index contributed by atoms with van der Waals surface area (Å²) in [4.78, 5) is 24.8. The zero-order valence-corrected chi connectivity index (χ0v) is 20.9. The molecule has 19 heteroatoms. The predicted molar refractivity (Wildman–Crippen MR) is 114 cm³/mol. The first kappa shape index (κ1) is 34.0. The molecule has 36 heavy (non-hydrogen) atoms.